The smallest absolute Gasteiger partial charge is 0.223 e. The van der Waals surface area contributed by atoms with Crippen LogP contribution >= 0.6 is 0 Å². The number of aliphatic hydroxyl groups is 2. The molecule has 6 nitrogen and oxygen atoms in total. The van der Waals surface area contributed by atoms with Gasteiger partial charge in [-0.3, -0.25) is 4.79 Å². The van der Waals surface area contributed by atoms with E-state index < -0.39 is 6.10 Å². The minimum Gasteiger partial charge on any atom is -0.390 e. The fraction of sp³-hybridized carbons (Fsp3) is 0.897. The Kier molecular flexibility index (Phi) is 13.1. The van der Waals surface area contributed by atoms with E-state index in [1.165, 1.54) is 6.42 Å². The number of hydrogen-bond acceptors (Lipinski definition) is 5. The van der Waals surface area contributed by atoms with Crippen molar-refractivity contribution in [1.82, 2.24) is 4.90 Å². The number of hydrogen-bond donors (Lipinski definition) is 2. The first-order valence-corrected chi connectivity index (χ1v) is 14.7. The Balaban J connectivity index is 1.51. The van der Waals surface area contributed by atoms with Gasteiger partial charge in [0, 0.05) is 32.1 Å². The molecule has 0 bridgehead atoms. The monoisotopic (exact) mass is 493 g/mol. The maximum absolute atomic E-state index is 12.8. The summed E-state index contributed by atoms with van der Waals surface area (Å²) in [5.41, 5.74) is 0. The van der Waals surface area contributed by atoms with Gasteiger partial charge in [-0.25, -0.2) is 0 Å². The van der Waals surface area contributed by atoms with E-state index in [0.29, 0.717) is 12.3 Å². The number of rotatable bonds is 15. The number of ether oxygens (including phenoxy) is 2. The van der Waals surface area contributed by atoms with E-state index in [4.69, 9.17) is 9.47 Å². The lowest BCUT2D eigenvalue weighted by Crippen LogP contribution is -2.41. The molecule has 0 radical (unpaired) electrons. The first-order chi connectivity index (χ1) is 17.1. The van der Waals surface area contributed by atoms with Gasteiger partial charge < -0.3 is 24.6 Å². The third-order valence-corrected chi connectivity index (χ3v) is 8.17. The van der Waals surface area contributed by atoms with Crippen LogP contribution in [0.25, 0.3) is 0 Å². The summed E-state index contributed by atoms with van der Waals surface area (Å²) >= 11 is 0. The summed E-state index contributed by atoms with van der Waals surface area (Å²) in [4.78, 5) is 14.8. The lowest BCUT2D eigenvalue weighted by atomic mass is 9.89. The topological polar surface area (TPSA) is 79.2 Å². The zero-order valence-electron chi connectivity index (χ0n) is 22.1. The van der Waals surface area contributed by atoms with Crippen LogP contribution in [0.2, 0.25) is 0 Å². The molecule has 0 aromatic heterocycles. The molecule has 0 saturated carbocycles. The predicted octanol–water partition coefficient (Wildman–Crippen LogP) is 5.15. The fourth-order valence-electron chi connectivity index (χ4n) is 5.95. The van der Waals surface area contributed by atoms with Crippen LogP contribution < -0.4 is 0 Å². The highest BCUT2D eigenvalue weighted by molar-refractivity contribution is 5.79. The second kappa shape index (κ2) is 16.0. The van der Waals surface area contributed by atoms with Gasteiger partial charge in [0.25, 0.3) is 0 Å². The van der Waals surface area contributed by atoms with Gasteiger partial charge in [0.05, 0.1) is 30.5 Å². The Bertz CT molecular complexity index is 614. The van der Waals surface area contributed by atoms with Crippen molar-refractivity contribution in [3.05, 3.63) is 12.2 Å². The first kappa shape index (κ1) is 28.6. The standard InChI is InChI=1S/C29H51NO5/c1-2-3-4-12-25(31)18-16-24-17-19-29(33)30(24)22-23(27-14-7-9-20-34-27)11-5-6-13-26(32)28-15-8-10-21-35-28/h16,18,23-28,31-32H,2-15,17,19-22H2,1H3. The molecule has 202 valence electrons. The van der Waals surface area contributed by atoms with Gasteiger partial charge >= 0.3 is 0 Å². The van der Waals surface area contributed by atoms with Crippen LogP contribution in [0.3, 0.4) is 0 Å². The highest BCUT2D eigenvalue weighted by Gasteiger charge is 2.34. The summed E-state index contributed by atoms with van der Waals surface area (Å²) in [5, 5.41) is 20.8. The van der Waals surface area contributed by atoms with Crippen LogP contribution in [0.15, 0.2) is 12.2 Å². The minimum absolute atomic E-state index is 0.00770. The molecule has 0 aromatic carbocycles. The number of aliphatic hydroxyl groups excluding tert-OH is 2. The molecule has 1 amide bonds. The molecule has 35 heavy (non-hydrogen) atoms. The second-order valence-electron chi connectivity index (χ2n) is 11.0. The van der Waals surface area contributed by atoms with Gasteiger partial charge in [-0.2, -0.15) is 0 Å². The van der Waals surface area contributed by atoms with Crippen LogP contribution in [0.5, 0.6) is 0 Å². The van der Waals surface area contributed by atoms with Crippen molar-refractivity contribution in [2.24, 2.45) is 5.92 Å². The van der Waals surface area contributed by atoms with E-state index in [1.807, 2.05) is 11.0 Å². The van der Waals surface area contributed by atoms with E-state index >= 15 is 0 Å². The normalized spacial score (nSPS) is 28.5. The lowest BCUT2D eigenvalue weighted by molar-refractivity contribution is -0.130. The van der Waals surface area contributed by atoms with Crippen molar-refractivity contribution in [3.63, 3.8) is 0 Å². The van der Waals surface area contributed by atoms with Crippen molar-refractivity contribution in [2.75, 3.05) is 19.8 Å². The Morgan fingerprint density at radius 1 is 0.914 bits per heavy atom. The molecule has 3 fully saturated rings. The lowest BCUT2D eigenvalue weighted by Gasteiger charge is -2.35. The first-order valence-electron chi connectivity index (χ1n) is 14.7. The number of carbonyl (C=O) groups is 1. The molecule has 2 N–H and O–H groups in total. The van der Waals surface area contributed by atoms with Gasteiger partial charge in [-0.1, -0.05) is 51.2 Å². The molecule has 3 aliphatic heterocycles. The maximum Gasteiger partial charge on any atom is 0.223 e. The van der Waals surface area contributed by atoms with Crippen molar-refractivity contribution in [3.8, 4) is 0 Å². The molecule has 0 aromatic rings. The van der Waals surface area contributed by atoms with Crippen molar-refractivity contribution < 1.29 is 24.5 Å². The number of amides is 1. The van der Waals surface area contributed by atoms with Crippen LogP contribution in [0, 0.1) is 5.92 Å². The van der Waals surface area contributed by atoms with Crippen LogP contribution in [0.4, 0.5) is 0 Å². The highest BCUT2D eigenvalue weighted by atomic mass is 16.5. The van der Waals surface area contributed by atoms with E-state index in [0.717, 1.165) is 110 Å². The molecule has 3 saturated heterocycles. The Labute approximate surface area is 213 Å². The molecule has 3 heterocycles. The zero-order chi connectivity index (χ0) is 24.9. The van der Waals surface area contributed by atoms with E-state index in [2.05, 4.69) is 13.0 Å². The molecule has 6 heteroatoms. The Hall–Kier alpha value is -0.950. The number of likely N-dealkylation sites (tertiary alicyclic amines) is 1. The fourth-order valence-corrected chi connectivity index (χ4v) is 5.95. The van der Waals surface area contributed by atoms with Gasteiger partial charge in [0.1, 0.15) is 0 Å². The van der Waals surface area contributed by atoms with Crippen LogP contribution in [-0.4, -0.2) is 71.2 Å². The molecule has 3 rings (SSSR count). The van der Waals surface area contributed by atoms with Crippen molar-refractivity contribution in [1.29, 1.82) is 0 Å². The summed E-state index contributed by atoms with van der Waals surface area (Å²) in [5.74, 6) is 0.552. The average Bonchev–Trinajstić information content (AvgIpc) is 3.24. The van der Waals surface area contributed by atoms with Crippen molar-refractivity contribution >= 4 is 5.91 Å². The number of unbranched alkanes of at least 4 members (excludes halogenated alkanes) is 3. The molecule has 3 aliphatic rings. The third-order valence-electron chi connectivity index (χ3n) is 8.17. The maximum atomic E-state index is 12.8. The van der Waals surface area contributed by atoms with Crippen LogP contribution in [0.1, 0.15) is 110 Å². The van der Waals surface area contributed by atoms with Crippen LogP contribution in [-0.2, 0) is 14.3 Å². The van der Waals surface area contributed by atoms with Gasteiger partial charge in [0.15, 0.2) is 0 Å². The molecule has 0 spiro atoms. The zero-order valence-corrected chi connectivity index (χ0v) is 22.1. The summed E-state index contributed by atoms with van der Waals surface area (Å²) in [7, 11) is 0. The average molecular weight is 494 g/mol. The largest absolute Gasteiger partial charge is 0.390 e. The van der Waals surface area contributed by atoms with E-state index in [9.17, 15) is 15.0 Å². The highest BCUT2D eigenvalue weighted by Crippen LogP contribution is 2.30. The predicted molar refractivity (Wildman–Crippen MR) is 139 cm³/mol. The second-order valence-corrected chi connectivity index (χ2v) is 11.0. The minimum atomic E-state index is -0.420. The number of carbonyl (C=O) groups excluding carboxylic acids is 1. The summed E-state index contributed by atoms with van der Waals surface area (Å²) < 4.78 is 11.9. The third kappa shape index (κ3) is 9.79. The van der Waals surface area contributed by atoms with Gasteiger partial charge in [0.2, 0.25) is 5.91 Å². The van der Waals surface area contributed by atoms with E-state index in [-0.39, 0.29) is 30.3 Å². The summed E-state index contributed by atoms with van der Waals surface area (Å²) in [6, 6.07) is 0.0830. The molecular formula is C29H51NO5. The molecule has 6 atom stereocenters. The Morgan fingerprint density at radius 2 is 1.60 bits per heavy atom. The SMILES string of the molecule is CCCCCC(O)C=CC1CCC(=O)N1CC(CCCCC(O)C1CCCCO1)C1CCCCO1. The summed E-state index contributed by atoms with van der Waals surface area (Å²) in [6.45, 7) is 4.50. The van der Waals surface area contributed by atoms with Crippen molar-refractivity contribution in [2.45, 2.75) is 140 Å². The Morgan fingerprint density at radius 3 is 2.29 bits per heavy atom. The van der Waals surface area contributed by atoms with Gasteiger partial charge in [-0.15, -0.1) is 0 Å². The number of nitrogens with zero attached hydrogens (tertiary/aromatic N) is 1. The molecule has 6 unspecified atom stereocenters. The molecule has 0 aliphatic carbocycles. The summed E-state index contributed by atoms with van der Waals surface area (Å²) in [6.07, 6.45) is 19.4. The van der Waals surface area contributed by atoms with Gasteiger partial charge in [-0.05, 0) is 64.2 Å². The van der Waals surface area contributed by atoms with E-state index in [1.54, 1.807) is 0 Å². The quantitative estimate of drug-likeness (QED) is 0.244. The molecular weight excluding hydrogens is 442 g/mol.